The number of rotatable bonds is 8. The maximum absolute atomic E-state index is 11.4. The average molecular weight is 272 g/mol. The summed E-state index contributed by atoms with van der Waals surface area (Å²) in [7, 11) is 1.39. The molecule has 0 aromatic rings. The lowest BCUT2D eigenvalue weighted by molar-refractivity contribution is -0.140. The van der Waals surface area contributed by atoms with Crippen molar-refractivity contribution >= 4 is 12.0 Å². The molecule has 1 unspecified atom stereocenters. The summed E-state index contributed by atoms with van der Waals surface area (Å²) in [5.74, 6) is -0.178. The minimum Gasteiger partial charge on any atom is -0.469 e. The largest absolute Gasteiger partial charge is 0.469 e. The molecule has 0 aliphatic carbocycles. The maximum Gasteiger partial charge on any atom is 0.314 e. The van der Waals surface area contributed by atoms with Crippen LogP contribution in [0.25, 0.3) is 0 Å². The summed E-state index contributed by atoms with van der Waals surface area (Å²) in [6, 6.07) is -0.150. The second-order valence-electron chi connectivity index (χ2n) is 4.66. The monoisotopic (exact) mass is 272 g/mol. The third-order valence-electron chi connectivity index (χ3n) is 3.09. The van der Waals surface area contributed by atoms with Gasteiger partial charge in [0.1, 0.15) is 0 Å². The number of hydrogen-bond donors (Lipinski definition) is 2. The standard InChI is InChI=1S/C13H24N2O4/c1-18-12(16)7-3-2-4-8-14-13(17)15-10-11-6-5-9-19-11/h11H,2-10H2,1H3,(H2,14,15,17). The Hall–Kier alpha value is -1.30. The van der Waals surface area contributed by atoms with Gasteiger partial charge >= 0.3 is 12.0 Å². The number of esters is 1. The Kier molecular flexibility index (Phi) is 7.97. The number of ether oxygens (including phenoxy) is 2. The zero-order valence-corrected chi connectivity index (χ0v) is 11.6. The van der Waals surface area contributed by atoms with Crippen molar-refractivity contribution in [1.82, 2.24) is 10.6 Å². The van der Waals surface area contributed by atoms with Gasteiger partial charge in [0.05, 0.1) is 13.2 Å². The van der Waals surface area contributed by atoms with Crippen molar-refractivity contribution in [1.29, 1.82) is 0 Å². The van der Waals surface area contributed by atoms with Gasteiger partial charge in [-0.25, -0.2) is 4.79 Å². The molecule has 1 aliphatic heterocycles. The van der Waals surface area contributed by atoms with Crippen LogP contribution in [-0.2, 0) is 14.3 Å². The number of carbonyl (C=O) groups is 2. The van der Waals surface area contributed by atoms with Crippen molar-refractivity contribution in [2.75, 3.05) is 26.8 Å². The predicted molar refractivity (Wildman–Crippen MR) is 70.9 cm³/mol. The molecule has 0 aromatic heterocycles. The van der Waals surface area contributed by atoms with E-state index in [1.54, 1.807) is 0 Å². The molecule has 0 spiro atoms. The van der Waals surface area contributed by atoms with E-state index in [0.717, 1.165) is 38.7 Å². The lowest BCUT2D eigenvalue weighted by Gasteiger charge is -2.11. The van der Waals surface area contributed by atoms with E-state index in [2.05, 4.69) is 15.4 Å². The van der Waals surface area contributed by atoms with Gasteiger partial charge in [-0.15, -0.1) is 0 Å². The van der Waals surface area contributed by atoms with Crippen LogP contribution in [0.4, 0.5) is 4.79 Å². The summed E-state index contributed by atoms with van der Waals surface area (Å²) in [6.07, 6.45) is 5.28. The van der Waals surface area contributed by atoms with Crippen LogP contribution in [0, 0.1) is 0 Å². The summed E-state index contributed by atoms with van der Waals surface area (Å²) >= 11 is 0. The first kappa shape index (κ1) is 15.8. The highest BCUT2D eigenvalue weighted by Gasteiger charge is 2.15. The fraction of sp³-hybridized carbons (Fsp3) is 0.846. The van der Waals surface area contributed by atoms with Crippen LogP contribution in [0.1, 0.15) is 38.5 Å². The van der Waals surface area contributed by atoms with Crippen LogP contribution in [-0.4, -0.2) is 44.9 Å². The van der Waals surface area contributed by atoms with Gasteiger partial charge in [-0.1, -0.05) is 6.42 Å². The summed E-state index contributed by atoms with van der Waals surface area (Å²) in [5.41, 5.74) is 0. The molecule has 0 aromatic carbocycles. The van der Waals surface area contributed by atoms with E-state index in [0.29, 0.717) is 19.5 Å². The van der Waals surface area contributed by atoms with Gasteiger partial charge in [-0.3, -0.25) is 4.79 Å². The Morgan fingerprint density at radius 2 is 2.11 bits per heavy atom. The number of unbranched alkanes of at least 4 members (excludes halogenated alkanes) is 2. The maximum atomic E-state index is 11.4. The van der Waals surface area contributed by atoms with Crippen LogP contribution in [0.3, 0.4) is 0 Å². The van der Waals surface area contributed by atoms with Gasteiger partial charge < -0.3 is 20.1 Å². The molecule has 1 rings (SSSR count). The minimum absolute atomic E-state index is 0.150. The van der Waals surface area contributed by atoms with Crippen LogP contribution in [0.2, 0.25) is 0 Å². The van der Waals surface area contributed by atoms with Gasteiger partial charge in [-0.2, -0.15) is 0 Å². The number of urea groups is 1. The van der Waals surface area contributed by atoms with Crippen LogP contribution < -0.4 is 10.6 Å². The highest BCUT2D eigenvalue weighted by Crippen LogP contribution is 2.10. The SMILES string of the molecule is COC(=O)CCCCCNC(=O)NCC1CCCO1. The van der Waals surface area contributed by atoms with E-state index >= 15 is 0 Å². The van der Waals surface area contributed by atoms with E-state index in [1.807, 2.05) is 0 Å². The molecule has 1 heterocycles. The Bertz CT molecular complexity index is 278. The molecule has 1 fully saturated rings. The van der Waals surface area contributed by atoms with Crippen LogP contribution >= 0.6 is 0 Å². The fourth-order valence-electron chi connectivity index (χ4n) is 1.95. The second-order valence-corrected chi connectivity index (χ2v) is 4.66. The Balaban J connectivity index is 1.88. The minimum atomic E-state index is -0.178. The smallest absolute Gasteiger partial charge is 0.314 e. The molecule has 0 radical (unpaired) electrons. The van der Waals surface area contributed by atoms with Crippen LogP contribution in [0.5, 0.6) is 0 Å². The zero-order chi connectivity index (χ0) is 13.9. The Morgan fingerprint density at radius 3 is 2.79 bits per heavy atom. The van der Waals surface area contributed by atoms with Gasteiger partial charge in [0.15, 0.2) is 0 Å². The molecule has 1 atom stereocenters. The molecule has 0 bridgehead atoms. The quantitative estimate of drug-likeness (QED) is 0.514. The summed E-state index contributed by atoms with van der Waals surface area (Å²) in [6.45, 7) is 2.00. The molecule has 1 saturated heterocycles. The number of methoxy groups -OCH3 is 1. The van der Waals surface area contributed by atoms with Gasteiger partial charge in [0.2, 0.25) is 0 Å². The van der Waals surface area contributed by atoms with E-state index in [9.17, 15) is 9.59 Å². The highest BCUT2D eigenvalue weighted by atomic mass is 16.5. The first-order chi connectivity index (χ1) is 9.22. The van der Waals surface area contributed by atoms with Crippen molar-refractivity contribution in [3.8, 4) is 0 Å². The van der Waals surface area contributed by atoms with Crippen molar-refractivity contribution in [3.63, 3.8) is 0 Å². The van der Waals surface area contributed by atoms with Crippen molar-refractivity contribution in [2.24, 2.45) is 0 Å². The lowest BCUT2D eigenvalue weighted by atomic mass is 10.2. The van der Waals surface area contributed by atoms with E-state index in [1.165, 1.54) is 7.11 Å². The van der Waals surface area contributed by atoms with Gasteiger partial charge in [0, 0.05) is 26.1 Å². The number of hydrogen-bond acceptors (Lipinski definition) is 4. The second kappa shape index (κ2) is 9.61. The highest BCUT2D eigenvalue weighted by molar-refractivity contribution is 5.73. The van der Waals surface area contributed by atoms with E-state index in [4.69, 9.17) is 4.74 Å². The summed E-state index contributed by atoms with van der Waals surface area (Å²) in [5, 5.41) is 5.58. The third kappa shape index (κ3) is 7.66. The van der Waals surface area contributed by atoms with Crippen molar-refractivity contribution in [2.45, 2.75) is 44.6 Å². The van der Waals surface area contributed by atoms with E-state index in [-0.39, 0.29) is 18.1 Å². The molecular formula is C13H24N2O4. The molecule has 1 aliphatic rings. The molecule has 19 heavy (non-hydrogen) atoms. The number of nitrogens with one attached hydrogen (secondary N) is 2. The summed E-state index contributed by atoms with van der Waals surface area (Å²) in [4.78, 5) is 22.3. The molecule has 6 nitrogen and oxygen atoms in total. The number of carbonyl (C=O) groups excluding carboxylic acids is 2. The average Bonchev–Trinajstić information content (AvgIpc) is 2.93. The molecular weight excluding hydrogens is 248 g/mol. The molecule has 110 valence electrons. The van der Waals surface area contributed by atoms with Crippen molar-refractivity contribution < 1.29 is 19.1 Å². The normalized spacial score (nSPS) is 18.1. The molecule has 0 saturated carbocycles. The fourth-order valence-corrected chi connectivity index (χ4v) is 1.95. The Labute approximate surface area is 114 Å². The molecule has 2 N–H and O–H groups in total. The van der Waals surface area contributed by atoms with Crippen LogP contribution in [0.15, 0.2) is 0 Å². The summed E-state index contributed by atoms with van der Waals surface area (Å²) < 4.78 is 9.95. The predicted octanol–water partition coefficient (Wildman–Crippen LogP) is 1.20. The number of amides is 2. The Morgan fingerprint density at radius 1 is 1.26 bits per heavy atom. The third-order valence-corrected chi connectivity index (χ3v) is 3.09. The van der Waals surface area contributed by atoms with E-state index < -0.39 is 0 Å². The first-order valence-electron chi connectivity index (χ1n) is 6.92. The zero-order valence-electron chi connectivity index (χ0n) is 11.6. The van der Waals surface area contributed by atoms with Gasteiger partial charge in [0.25, 0.3) is 0 Å². The van der Waals surface area contributed by atoms with Gasteiger partial charge in [-0.05, 0) is 25.7 Å². The van der Waals surface area contributed by atoms with Crippen molar-refractivity contribution in [3.05, 3.63) is 0 Å². The molecule has 2 amide bonds. The topological polar surface area (TPSA) is 76.7 Å². The first-order valence-corrected chi connectivity index (χ1v) is 6.92. The lowest BCUT2D eigenvalue weighted by Crippen LogP contribution is -2.39. The molecule has 6 heteroatoms.